The Labute approximate surface area is 121 Å². The molecular formula is C12H13Cl2N5. The first-order valence-electron chi connectivity index (χ1n) is 5.68. The number of rotatable bonds is 4. The maximum atomic E-state index is 6.10. The number of hydrogen-bond acceptors (Lipinski definition) is 5. The van der Waals surface area contributed by atoms with E-state index < -0.39 is 0 Å². The minimum absolute atomic E-state index is 0.423. The average Bonchev–Trinajstić information content (AvgIpc) is 2.40. The van der Waals surface area contributed by atoms with Gasteiger partial charge in [-0.3, -0.25) is 0 Å². The Kier molecular flexibility index (Phi) is 4.29. The molecule has 0 aliphatic carbocycles. The number of benzene rings is 1. The molecule has 0 bridgehead atoms. The van der Waals surface area contributed by atoms with E-state index in [1.54, 1.807) is 18.2 Å². The predicted octanol–water partition coefficient (Wildman–Crippen LogP) is 3.54. The van der Waals surface area contributed by atoms with Crippen molar-refractivity contribution >= 4 is 46.2 Å². The zero-order chi connectivity index (χ0) is 13.8. The van der Waals surface area contributed by atoms with Crippen LogP contribution in [0.1, 0.15) is 6.92 Å². The molecule has 0 amide bonds. The Bertz CT molecular complexity index is 588. The lowest BCUT2D eigenvalue weighted by atomic mass is 10.3. The molecule has 0 aliphatic rings. The van der Waals surface area contributed by atoms with Gasteiger partial charge in [0.2, 0.25) is 0 Å². The second-order valence-corrected chi connectivity index (χ2v) is 4.53. The first kappa shape index (κ1) is 13.7. The maximum absolute atomic E-state index is 6.10. The van der Waals surface area contributed by atoms with Crippen molar-refractivity contribution < 1.29 is 0 Å². The molecule has 0 radical (unpaired) electrons. The number of aromatic nitrogens is 2. The molecule has 0 spiro atoms. The molecule has 0 fully saturated rings. The molecule has 5 nitrogen and oxygen atoms in total. The summed E-state index contributed by atoms with van der Waals surface area (Å²) in [6, 6.07) is 5.30. The van der Waals surface area contributed by atoms with Gasteiger partial charge in [-0.25, -0.2) is 9.97 Å². The van der Waals surface area contributed by atoms with Crippen LogP contribution in [0.4, 0.5) is 23.0 Å². The Morgan fingerprint density at radius 2 is 1.95 bits per heavy atom. The van der Waals surface area contributed by atoms with Crippen LogP contribution < -0.4 is 16.4 Å². The third-order valence-electron chi connectivity index (χ3n) is 2.43. The predicted molar refractivity (Wildman–Crippen MR) is 80.4 cm³/mol. The molecule has 1 heterocycles. The lowest BCUT2D eigenvalue weighted by molar-refractivity contribution is 1.12. The van der Waals surface area contributed by atoms with E-state index in [4.69, 9.17) is 28.9 Å². The molecule has 2 aromatic rings. The monoisotopic (exact) mass is 297 g/mol. The van der Waals surface area contributed by atoms with Crippen molar-refractivity contribution in [3.05, 3.63) is 34.6 Å². The van der Waals surface area contributed by atoms with Gasteiger partial charge in [-0.15, -0.1) is 0 Å². The summed E-state index contributed by atoms with van der Waals surface area (Å²) in [6.45, 7) is 2.68. The number of halogens is 2. The molecule has 7 heteroatoms. The minimum Gasteiger partial charge on any atom is -0.393 e. The Balaban J connectivity index is 2.33. The van der Waals surface area contributed by atoms with Crippen molar-refractivity contribution in [2.24, 2.45) is 0 Å². The SMILES string of the molecule is CCNc1ncnc(Nc2cccc(Cl)c2Cl)c1N. The van der Waals surface area contributed by atoms with Gasteiger partial charge in [-0.05, 0) is 19.1 Å². The van der Waals surface area contributed by atoms with Crippen LogP contribution in [0.2, 0.25) is 10.0 Å². The van der Waals surface area contributed by atoms with E-state index in [-0.39, 0.29) is 0 Å². The summed E-state index contributed by atoms with van der Waals surface area (Å²) >= 11 is 12.1. The van der Waals surface area contributed by atoms with E-state index in [0.717, 1.165) is 6.54 Å². The quantitative estimate of drug-likeness (QED) is 0.805. The van der Waals surface area contributed by atoms with Crippen LogP contribution in [-0.4, -0.2) is 16.5 Å². The number of hydrogen-bond donors (Lipinski definition) is 3. The Morgan fingerprint density at radius 1 is 1.21 bits per heavy atom. The lowest BCUT2D eigenvalue weighted by Crippen LogP contribution is -2.07. The lowest BCUT2D eigenvalue weighted by Gasteiger charge is -2.12. The smallest absolute Gasteiger partial charge is 0.159 e. The van der Waals surface area contributed by atoms with Gasteiger partial charge in [-0.2, -0.15) is 0 Å². The fourth-order valence-electron chi connectivity index (χ4n) is 1.53. The van der Waals surface area contributed by atoms with Gasteiger partial charge in [0.15, 0.2) is 11.6 Å². The molecule has 1 aromatic carbocycles. The van der Waals surface area contributed by atoms with E-state index in [2.05, 4.69) is 20.6 Å². The van der Waals surface area contributed by atoms with Crippen LogP contribution in [0.25, 0.3) is 0 Å². The largest absolute Gasteiger partial charge is 0.393 e. The summed E-state index contributed by atoms with van der Waals surface area (Å²) in [5, 5.41) is 6.99. The highest BCUT2D eigenvalue weighted by molar-refractivity contribution is 6.43. The number of nitrogen functional groups attached to an aromatic ring is 1. The van der Waals surface area contributed by atoms with Gasteiger partial charge >= 0.3 is 0 Å². The minimum atomic E-state index is 0.423. The van der Waals surface area contributed by atoms with E-state index in [1.807, 2.05) is 6.92 Å². The standard InChI is InChI=1S/C12H13Cl2N5/c1-2-16-11-10(15)12(18-6-17-11)19-8-5-3-4-7(13)9(8)14/h3-6H,2,15H2,1H3,(H2,16,17,18,19). The number of nitrogens with two attached hydrogens (primary N) is 1. The molecule has 4 N–H and O–H groups in total. The Hall–Kier alpha value is -1.72. The van der Waals surface area contributed by atoms with E-state index in [9.17, 15) is 0 Å². The maximum Gasteiger partial charge on any atom is 0.159 e. The van der Waals surface area contributed by atoms with Crippen LogP contribution in [0.15, 0.2) is 24.5 Å². The van der Waals surface area contributed by atoms with E-state index >= 15 is 0 Å². The first-order valence-corrected chi connectivity index (χ1v) is 6.44. The zero-order valence-corrected chi connectivity index (χ0v) is 11.8. The summed E-state index contributed by atoms with van der Waals surface area (Å²) in [5.41, 5.74) is 7.05. The van der Waals surface area contributed by atoms with Crippen LogP contribution >= 0.6 is 23.2 Å². The third-order valence-corrected chi connectivity index (χ3v) is 3.25. The second-order valence-electron chi connectivity index (χ2n) is 3.74. The second kappa shape index (κ2) is 5.95. The summed E-state index contributed by atoms with van der Waals surface area (Å²) in [6.07, 6.45) is 1.43. The van der Waals surface area contributed by atoms with Crippen molar-refractivity contribution in [2.75, 3.05) is 22.9 Å². The molecule has 0 saturated heterocycles. The van der Waals surface area contributed by atoms with Gasteiger partial charge in [0.1, 0.15) is 12.0 Å². The molecular weight excluding hydrogens is 285 g/mol. The van der Waals surface area contributed by atoms with Gasteiger partial charge in [0.05, 0.1) is 15.7 Å². The Morgan fingerprint density at radius 3 is 2.68 bits per heavy atom. The van der Waals surface area contributed by atoms with Gasteiger partial charge in [0, 0.05) is 6.54 Å². The zero-order valence-electron chi connectivity index (χ0n) is 10.2. The summed E-state index contributed by atoms with van der Waals surface area (Å²) in [7, 11) is 0. The topological polar surface area (TPSA) is 75.9 Å². The van der Waals surface area contributed by atoms with Crippen molar-refractivity contribution in [3.8, 4) is 0 Å². The highest BCUT2D eigenvalue weighted by atomic mass is 35.5. The summed E-state index contributed by atoms with van der Waals surface area (Å²) in [4.78, 5) is 8.16. The van der Waals surface area contributed by atoms with Gasteiger partial charge in [0.25, 0.3) is 0 Å². The normalized spacial score (nSPS) is 10.3. The van der Waals surface area contributed by atoms with E-state index in [1.165, 1.54) is 6.33 Å². The summed E-state index contributed by atoms with van der Waals surface area (Å²) in [5.74, 6) is 1.06. The molecule has 1 aromatic heterocycles. The van der Waals surface area contributed by atoms with Crippen molar-refractivity contribution in [2.45, 2.75) is 6.92 Å². The van der Waals surface area contributed by atoms with Crippen LogP contribution in [-0.2, 0) is 0 Å². The third kappa shape index (κ3) is 3.00. The highest BCUT2D eigenvalue weighted by Gasteiger charge is 2.10. The number of nitrogens with zero attached hydrogens (tertiary/aromatic N) is 2. The molecule has 0 atom stereocenters. The molecule has 0 saturated carbocycles. The number of anilines is 4. The molecule has 2 rings (SSSR count). The van der Waals surface area contributed by atoms with Gasteiger partial charge < -0.3 is 16.4 Å². The average molecular weight is 298 g/mol. The van der Waals surface area contributed by atoms with Crippen LogP contribution in [0, 0.1) is 0 Å². The van der Waals surface area contributed by atoms with Crippen LogP contribution in [0.3, 0.4) is 0 Å². The molecule has 100 valence electrons. The fourth-order valence-corrected chi connectivity index (χ4v) is 1.88. The van der Waals surface area contributed by atoms with E-state index in [0.29, 0.717) is 33.1 Å². The summed E-state index contributed by atoms with van der Waals surface area (Å²) < 4.78 is 0. The molecule has 19 heavy (non-hydrogen) atoms. The fraction of sp³-hybridized carbons (Fsp3) is 0.167. The number of nitrogens with one attached hydrogen (secondary N) is 2. The molecule has 0 unspecified atom stereocenters. The van der Waals surface area contributed by atoms with Crippen molar-refractivity contribution in [3.63, 3.8) is 0 Å². The first-order chi connectivity index (χ1) is 9.13. The van der Waals surface area contributed by atoms with Crippen molar-refractivity contribution in [1.82, 2.24) is 9.97 Å². The van der Waals surface area contributed by atoms with Crippen molar-refractivity contribution in [1.29, 1.82) is 0 Å². The highest BCUT2D eigenvalue weighted by Crippen LogP contribution is 2.33. The molecule has 0 aliphatic heterocycles. The van der Waals surface area contributed by atoms with Crippen LogP contribution in [0.5, 0.6) is 0 Å². The van der Waals surface area contributed by atoms with Gasteiger partial charge in [-0.1, -0.05) is 29.3 Å².